The summed E-state index contributed by atoms with van der Waals surface area (Å²) in [5, 5.41) is 9.66. The number of hydrogen-bond acceptors (Lipinski definition) is 2. The van der Waals surface area contributed by atoms with Crippen LogP contribution in [0, 0.1) is 16.7 Å². The molecule has 0 heterocycles. The summed E-state index contributed by atoms with van der Waals surface area (Å²) >= 11 is 0. The van der Waals surface area contributed by atoms with Gasteiger partial charge in [-0.25, -0.2) is 0 Å². The van der Waals surface area contributed by atoms with Crippen molar-refractivity contribution < 1.29 is 9.90 Å². The average Bonchev–Trinajstić information content (AvgIpc) is 2.34. The summed E-state index contributed by atoms with van der Waals surface area (Å²) in [6.07, 6.45) is 1.32. The van der Waals surface area contributed by atoms with Crippen molar-refractivity contribution in [1.82, 2.24) is 0 Å². The third-order valence-corrected chi connectivity index (χ3v) is 4.04. The number of carbonyl (C=O) groups is 1. The molecule has 0 aromatic heterocycles. The highest BCUT2D eigenvalue weighted by atomic mass is 16.3. The molecule has 0 amide bonds. The van der Waals surface area contributed by atoms with Crippen LogP contribution in [0.3, 0.4) is 0 Å². The van der Waals surface area contributed by atoms with Gasteiger partial charge in [0.05, 0.1) is 11.5 Å². The zero-order valence-corrected chi connectivity index (χ0v) is 7.92. The van der Waals surface area contributed by atoms with Gasteiger partial charge in [0.2, 0.25) is 0 Å². The number of Topliss-reactive ketones (excluding diaryl/α,β-unsaturated/α-hetero) is 1. The fourth-order valence-electron chi connectivity index (χ4n) is 2.98. The van der Waals surface area contributed by atoms with Crippen molar-refractivity contribution in [2.45, 2.75) is 39.7 Å². The Morgan fingerprint density at radius 2 is 2.00 bits per heavy atom. The van der Waals surface area contributed by atoms with E-state index >= 15 is 0 Å². The lowest BCUT2D eigenvalue weighted by atomic mass is 9.70. The minimum absolute atomic E-state index is 0.187. The monoisotopic (exact) mass is 168 g/mol. The van der Waals surface area contributed by atoms with Gasteiger partial charge in [-0.05, 0) is 18.8 Å². The molecule has 0 aromatic carbocycles. The number of aliphatic hydroxyl groups excluding tert-OH is 1. The van der Waals surface area contributed by atoms with E-state index in [1.807, 2.05) is 20.8 Å². The van der Waals surface area contributed by atoms with Gasteiger partial charge in [0, 0.05) is 5.41 Å². The quantitative estimate of drug-likeness (QED) is 0.593. The van der Waals surface area contributed by atoms with Crippen LogP contribution in [0.25, 0.3) is 0 Å². The van der Waals surface area contributed by atoms with Crippen molar-refractivity contribution in [3.8, 4) is 0 Å². The molecule has 0 spiro atoms. The number of rotatable bonds is 0. The zero-order valence-electron chi connectivity index (χ0n) is 7.92. The summed E-state index contributed by atoms with van der Waals surface area (Å²) < 4.78 is 0. The first-order valence-electron chi connectivity index (χ1n) is 4.62. The van der Waals surface area contributed by atoms with Gasteiger partial charge in [0.25, 0.3) is 0 Å². The minimum atomic E-state index is -0.422. The molecule has 0 aromatic rings. The molecule has 2 aliphatic rings. The molecular formula is C10H16O2. The van der Waals surface area contributed by atoms with E-state index in [1.54, 1.807) is 0 Å². The molecule has 2 aliphatic carbocycles. The van der Waals surface area contributed by atoms with Gasteiger partial charge in [-0.1, -0.05) is 20.8 Å². The second-order valence-corrected chi connectivity index (χ2v) is 5.12. The Kier molecular flexibility index (Phi) is 1.32. The Bertz CT molecular complexity index is 244. The molecule has 2 saturated carbocycles. The highest BCUT2D eigenvalue weighted by Gasteiger charge is 2.63. The van der Waals surface area contributed by atoms with E-state index in [1.165, 1.54) is 0 Å². The first-order valence-corrected chi connectivity index (χ1v) is 4.62. The van der Waals surface area contributed by atoms with Crippen molar-refractivity contribution >= 4 is 5.78 Å². The van der Waals surface area contributed by atoms with Crippen LogP contribution in [-0.4, -0.2) is 17.0 Å². The summed E-state index contributed by atoms with van der Waals surface area (Å²) in [6.45, 7) is 5.93. The Balaban J connectivity index is 2.43. The number of hydrogen-bond donors (Lipinski definition) is 1. The molecule has 2 heteroatoms. The first kappa shape index (κ1) is 8.24. The van der Waals surface area contributed by atoms with Crippen molar-refractivity contribution in [2.24, 2.45) is 16.7 Å². The molecule has 12 heavy (non-hydrogen) atoms. The van der Waals surface area contributed by atoms with Gasteiger partial charge in [-0.15, -0.1) is 0 Å². The molecule has 68 valence electrons. The van der Waals surface area contributed by atoms with Crippen LogP contribution in [0.4, 0.5) is 0 Å². The fraction of sp³-hybridized carbons (Fsp3) is 0.900. The van der Waals surface area contributed by atoms with Crippen LogP contribution >= 0.6 is 0 Å². The molecule has 2 bridgehead atoms. The maximum atomic E-state index is 11.9. The highest BCUT2D eigenvalue weighted by Crippen LogP contribution is 2.59. The van der Waals surface area contributed by atoms with E-state index in [4.69, 9.17) is 0 Å². The lowest BCUT2D eigenvalue weighted by molar-refractivity contribution is -0.141. The standard InChI is InChI=1S/C10H16O2/c1-9(2)6-4-7(11)10(3,5-6)8(9)12/h6-7,11H,4-5H2,1-3H3/t6-,7-,10+/m1/s1. The van der Waals surface area contributed by atoms with E-state index in [2.05, 4.69) is 0 Å². The van der Waals surface area contributed by atoms with Crippen LogP contribution in [0.2, 0.25) is 0 Å². The third-order valence-electron chi connectivity index (χ3n) is 4.04. The molecule has 0 unspecified atom stereocenters. The zero-order chi connectivity index (χ0) is 9.15. The molecule has 3 atom stereocenters. The number of ketones is 1. The SMILES string of the molecule is CC1(C)C(=O)[C@@]2(C)C[C@H]1C[C@H]2O. The number of aliphatic hydroxyl groups is 1. The van der Waals surface area contributed by atoms with Gasteiger partial charge < -0.3 is 5.11 Å². The smallest absolute Gasteiger partial charge is 0.147 e. The van der Waals surface area contributed by atoms with Crippen molar-refractivity contribution in [3.63, 3.8) is 0 Å². The maximum absolute atomic E-state index is 11.9. The molecular weight excluding hydrogens is 152 g/mol. The van der Waals surface area contributed by atoms with E-state index < -0.39 is 5.41 Å². The molecule has 2 rings (SSSR count). The Morgan fingerprint density at radius 3 is 2.33 bits per heavy atom. The summed E-state index contributed by atoms with van der Waals surface area (Å²) in [6, 6.07) is 0. The predicted molar refractivity (Wildman–Crippen MR) is 45.6 cm³/mol. The predicted octanol–water partition coefficient (Wildman–Crippen LogP) is 1.37. The largest absolute Gasteiger partial charge is 0.392 e. The molecule has 2 nitrogen and oxygen atoms in total. The first-order chi connectivity index (χ1) is 5.39. The van der Waals surface area contributed by atoms with Gasteiger partial charge in [0.15, 0.2) is 0 Å². The Morgan fingerprint density at radius 1 is 1.42 bits per heavy atom. The van der Waals surface area contributed by atoms with E-state index in [0.717, 1.165) is 12.8 Å². The van der Waals surface area contributed by atoms with E-state index in [0.29, 0.717) is 5.92 Å². The van der Waals surface area contributed by atoms with Crippen LogP contribution < -0.4 is 0 Å². The summed E-state index contributed by atoms with van der Waals surface area (Å²) in [5.41, 5.74) is -0.609. The summed E-state index contributed by atoms with van der Waals surface area (Å²) in [4.78, 5) is 11.9. The normalized spacial score (nSPS) is 50.2. The lowest BCUT2D eigenvalue weighted by Crippen LogP contribution is -2.43. The second kappa shape index (κ2) is 1.92. The molecule has 0 radical (unpaired) electrons. The van der Waals surface area contributed by atoms with Gasteiger partial charge >= 0.3 is 0 Å². The third kappa shape index (κ3) is 0.674. The Hall–Kier alpha value is -0.370. The van der Waals surface area contributed by atoms with Crippen LogP contribution in [0.15, 0.2) is 0 Å². The average molecular weight is 168 g/mol. The van der Waals surface area contributed by atoms with Gasteiger partial charge in [0.1, 0.15) is 5.78 Å². The lowest BCUT2D eigenvalue weighted by Gasteiger charge is -2.34. The van der Waals surface area contributed by atoms with Crippen LogP contribution in [0.5, 0.6) is 0 Å². The Labute approximate surface area is 73.0 Å². The van der Waals surface area contributed by atoms with Crippen molar-refractivity contribution in [3.05, 3.63) is 0 Å². The van der Waals surface area contributed by atoms with Crippen molar-refractivity contribution in [1.29, 1.82) is 0 Å². The highest BCUT2D eigenvalue weighted by molar-refractivity contribution is 5.93. The van der Waals surface area contributed by atoms with Crippen molar-refractivity contribution in [2.75, 3.05) is 0 Å². The summed E-state index contributed by atoms with van der Waals surface area (Å²) in [5.74, 6) is 0.670. The number of carbonyl (C=O) groups excluding carboxylic acids is 1. The maximum Gasteiger partial charge on any atom is 0.147 e. The van der Waals surface area contributed by atoms with Crippen LogP contribution in [0.1, 0.15) is 33.6 Å². The molecule has 2 fully saturated rings. The van der Waals surface area contributed by atoms with E-state index in [9.17, 15) is 9.90 Å². The molecule has 0 saturated heterocycles. The van der Waals surface area contributed by atoms with Gasteiger partial charge in [-0.2, -0.15) is 0 Å². The van der Waals surface area contributed by atoms with Gasteiger partial charge in [-0.3, -0.25) is 4.79 Å². The fourth-order valence-corrected chi connectivity index (χ4v) is 2.98. The van der Waals surface area contributed by atoms with E-state index in [-0.39, 0.29) is 17.3 Å². The number of fused-ring (bicyclic) bond motifs is 2. The second-order valence-electron chi connectivity index (χ2n) is 5.12. The van der Waals surface area contributed by atoms with Crippen LogP contribution in [-0.2, 0) is 4.79 Å². The molecule has 0 aliphatic heterocycles. The minimum Gasteiger partial charge on any atom is -0.392 e. The molecule has 1 N–H and O–H groups in total. The topological polar surface area (TPSA) is 37.3 Å². The summed E-state index contributed by atoms with van der Waals surface area (Å²) in [7, 11) is 0.